The lowest BCUT2D eigenvalue weighted by Crippen LogP contribution is -2.07. The molecule has 0 saturated heterocycles. The van der Waals surface area contributed by atoms with E-state index in [-0.39, 0.29) is 11.1 Å². The summed E-state index contributed by atoms with van der Waals surface area (Å²) in [6.45, 7) is 2.09. The van der Waals surface area contributed by atoms with Gasteiger partial charge in [-0.15, -0.1) is 0 Å². The van der Waals surface area contributed by atoms with Crippen molar-refractivity contribution in [1.82, 2.24) is 0 Å². The Morgan fingerprint density at radius 3 is 2.22 bits per heavy atom. The molecule has 4 heteroatoms. The van der Waals surface area contributed by atoms with Gasteiger partial charge in [0, 0.05) is 0 Å². The predicted octanol–water partition coefficient (Wildman–Crippen LogP) is 4.48. The molecule has 0 aliphatic heterocycles. The average Bonchev–Trinajstić information content (AvgIpc) is 2.54. The summed E-state index contributed by atoms with van der Waals surface area (Å²) in [4.78, 5) is 23.2. The Kier molecular flexibility index (Phi) is 5.52. The van der Waals surface area contributed by atoms with E-state index < -0.39 is 11.9 Å². The SMILES string of the molecule is CCCCCc1cccc(-c2ccccc2C(=O)O)c1C(=O)O. The molecule has 120 valence electrons. The zero-order chi connectivity index (χ0) is 16.8. The first-order chi connectivity index (χ1) is 11.1. The molecule has 2 rings (SSSR count). The smallest absolute Gasteiger partial charge is 0.336 e. The normalized spacial score (nSPS) is 10.5. The van der Waals surface area contributed by atoms with Crippen molar-refractivity contribution in [1.29, 1.82) is 0 Å². The van der Waals surface area contributed by atoms with Crippen LogP contribution in [0.15, 0.2) is 42.5 Å². The van der Waals surface area contributed by atoms with E-state index in [0.29, 0.717) is 17.5 Å². The van der Waals surface area contributed by atoms with Crippen LogP contribution >= 0.6 is 0 Å². The molecule has 0 aliphatic rings. The zero-order valence-electron chi connectivity index (χ0n) is 13.1. The molecule has 0 fully saturated rings. The third kappa shape index (κ3) is 3.77. The quantitative estimate of drug-likeness (QED) is 0.739. The second-order valence-corrected chi connectivity index (χ2v) is 5.45. The summed E-state index contributed by atoms with van der Waals surface area (Å²) in [6, 6.07) is 11.8. The van der Waals surface area contributed by atoms with Crippen LogP contribution in [-0.2, 0) is 6.42 Å². The second-order valence-electron chi connectivity index (χ2n) is 5.45. The average molecular weight is 312 g/mol. The van der Waals surface area contributed by atoms with Crippen molar-refractivity contribution in [3.63, 3.8) is 0 Å². The minimum atomic E-state index is -1.06. The van der Waals surface area contributed by atoms with E-state index in [0.717, 1.165) is 24.8 Å². The summed E-state index contributed by atoms with van der Waals surface area (Å²) >= 11 is 0. The van der Waals surface area contributed by atoms with Gasteiger partial charge < -0.3 is 10.2 Å². The summed E-state index contributed by atoms with van der Waals surface area (Å²) in [5.41, 5.74) is 1.97. The first-order valence-corrected chi connectivity index (χ1v) is 7.74. The maximum Gasteiger partial charge on any atom is 0.336 e. The maximum absolute atomic E-state index is 11.8. The minimum Gasteiger partial charge on any atom is -0.478 e. The molecule has 2 aromatic rings. The Morgan fingerprint density at radius 2 is 1.57 bits per heavy atom. The molecule has 0 atom stereocenters. The van der Waals surface area contributed by atoms with Crippen LogP contribution in [0.4, 0.5) is 0 Å². The number of carboxylic acid groups (broad SMARTS) is 2. The van der Waals surface area contributed by atoms with E-state index in [4.69, 9.17) is 0 Å². The van der Waals surface area contributed by atoms with Crippen LogP contribution in [0.2, 0.25) is 0 Å². The second kappa shape index (κ2) is 7.58. The molecule has 4 nitrogen and oxygen atoms in total. The first-order valence-electron chi connectivity index (χ1n) is 7.74. The van der Waals surface area contributed by atoms with Crippen molar-refractivity contribution in [3.8, 4) is 11.1 Å². The lowest BCUT2D eigenvalue weighted by atomic mass is 9.90. The number of carboxylic acids is 2. The number of aromatic carboxylic acids is 2. The fraction of sp³-hybridized carbons (Fsp3) is 0.263. The molecule has 2 N–H and O–H groups in total. The summed E-state index contributed by atoms with van der Waals surface area (Å²) in [7, 11) is 0. The van der Waals surface area contributed by atoms with Gasteiger partial charge in [0.25, 0.3) is 0 Å². The van der Waals surface area contributed by atoms with Crippen LogP contribution in [-0.4, -0.2) is 22.2 Å². The van der Waals surface area contributed by atoms with E-state index in [9.17, 15) is 19.8 Å². The van der Waals surface area contributed by atoms with Gasteiger partial charge in [-0.3, -0.25) is 0 Å². The molecular weight excluding hydrogens is 292 g/mol. The monoisotopic (exact) mass is 312 g/mol. The molecule has 0 unspecified atom stereocenters. The topological polar surface area (TPSA) is 74.6 Å². The van der Waals surface area contributed by atoms with Gasteiger partial charge in [0.1, 0.15) is 0 Å². The third-order valence-corrected chi connectivity index (χ3v) is 3.86. The first kappa shape index (κ1) is 16.7. The number of aryl methyl sites for hydroxylation is 1. The van der Waals surface area contributed by atoms with Crippen LogP contribution < -0.4 is 0 Å². The van der Waals surface area contributed by atoms with Crippen molar-refractivity contribution in [2.75, 3.05) is 0 Å². The van der Waals surface area contributed by atoms with Crippen LogP contribution in [0.1, 0.15) is 52.5 Å². The number of carbonyl (C=O) groups is 2. The number of rotatable bonds is 7. The molecular formula is C19H20O4. The summed E-state index contributed by atoms with van der Waals surface area (Å²) in [6.07, 6.45) is 3.69. The molecule has 2 aromatic carbocycles. The molecule has 0 aliphatic carbocycles. The van der Waals surface area contributed by atoms with E-state index >= 15 is 0 Å². The fourth-order valence-corrected chi connectivity index (χ4v) is 2.76. The van der Waals surface area contributed by atoms with E-state index in [1.165, 1.54) is 6.07 Å². The molecule has 0 heterocycles. The molecule has 0 aromatic heterocycles. The minimum absolute atomic E-state index is 0.112. The van der Waals surface area contributed by atoms with Crippen LogP contribution in [0, 0.1) is 0 Å². The summed E-state index contributed by atoms with van der Waals surface area (Å²) in [5, 5.41) is 19.0. The number of unbranched alkanes of at least 4 members (excludes halogenated alkanes) is 2. The van der Waals surface area contributed by atoms with Crippen molar-refractivity contribution in [3.05, 3.63) is 59.2 Å². The molecule has 0 saturated carbocycles. The van der Waals surface area contributed by atoms with Gasteiger partial charge in [-0.2, -0.15) is 0 Å². The number of benzene rings is 2. The highest BCUT2D eigenvalue weighted by Crippen LogP contribution is 2.30. The Hall–Kier alpha value is -2.62. The molecule has 0 bridgehead atoms. The van der Waals surface area contributed by atoms with Gasteiger partial charge in [-0.05, 0) is 35.6 Å². The summed E-state index contributed by atoms with van der Waals surface area (Å²) in [5.74, 6) is -2.08. The Morgan fingerprint density at radius 1 is 0.870 bits per heavy atom. The highest BCUT2D eigenvalue weighted by Gasteiger charge is 2.20. The van der Waals surface area contributed by atoms with Crippen LogP contribution in [0.5, 0.6) is 0 Å². The highest BCUT2D eigenvalue weighted by molar-refractivity contribution is 6.02. The van der Waals surface area contributed by atoms with Gasteiger partial charge in [0.05, 0.1) is 11.1 Å². The van der Waals surface area contributed by atoms with Crippen LogP contribution in [0.3, 0.4) is 0 Å². The van der Waals surface area contributed by atoms with Crippen molar-refractivity contribution in [2.24, 2.45) is 0 Å². The highest BCUT2D eigenvalue weighted by atomic mass is 16.4. The zero-order valence-corrected chi connectivity index (χ0v) is 13.1. The molecule has 0 spiro atoms. The van der Waals surface area contributed by atoms with Gasteiger partial charge in [-0.25, -0.2) is 9.59 Å². The largest absolute Gasteiger partial charge is 0.478 e. The van der Waals surface area contributed by atoms with Gasteiger partial charge in [0.2, 0.25) is 0 Å². The molecule has 0 radical (unpaired) electrons. The lowest BCUT2D eigenvalue weighted by molar-refractivity contribution is 0.0683. The van der Waals surface area contributed by atoms with Gasteiger partial charge >= 0.3 is 11.9 Å². The van der Waals surface area contributed by atoms with Crippen molar-refractivity contribution < 1.29 is 19.8 Å². The van der Waals surface area contributed by atoms with E-state index in [1.54, 1.807) is 30.3 Å². The predicted molar refractivity (Wildman–Crippen MR) is 89.0 cm³/mol. The Labute approximate surface area is 135 Å². The summed E-state index contributed by atoms with van der Waals surface area (Å²) < 4.78 is 0. The Bertz CT molecular complexity index is 719. The Balaban J connectivity index is 2.57. The standard InChI is InChI=1S/C19H20O4/c1-2-3-4-8-13-9-7-12-15(17(13)19(22)23)14-10-5-6-11-16(14)18(20)21/h5-7,9-12H,2-4,8H2,1H3,(H,20,21)(H,22,23). The molecule has 0 amide bonds. The molecule has 23 heavy (non-hydrogen) atoms. The van der Waals surface area contributed by atoms with Crippen molar-refractivity contribution in [2.45, 2.75) is 32.6 Å². The fourth-order valence-electron chi connectivity index (χ4n) is 2.76. The van der Waals surface area contributed by atoms with E-state index in [2.05, 4.69) is 6.92 Å². The van der Waals surface area contributed by atoms with Gasteiger partial charge in [-0.1, -0.05) is 56.2 Å². The number of hydrogen-bond acceptors (Lipinski definition) is 2. The van der Waals surface area contributed by atoms with Crippen LogP contribution in [0.25, 0.3) is 11.1 Å². The van der Waals surface area contributed by atoms with E-state index in [1.807, 2.05) is 6.07 Å². The number of hydrogen-bond donors (Lipinski definition) is 2. The lowest BCUT2D eigenvalue weighted by Gasteiger charge is -2.13. The maximum atomic E-state index is 11.8. The van der Waals surface area contributed by atoms with Gasteiger partial charge in [0.15, 0.2) is 0 Å². The third-order valence-electron chi connectivity index (χ3n) is 3.86. The van der Waals surface area contributed by atoms with Crippen molar-refractivity contribution >= 4 is 11.9 Å².